The third-order valence-electron chi connectivity index (χ3n) is 7.75. The number of ether oxygens (including phenoxy) is 3. The number of unbranched alkanes of at least 4 members (excludes halogenated alkanes) is 2. The van der Waals surface area contributed by atoms with Gasteiger partial charge in [0.05, 0.1) is 25.3 Å². The standard InChI is InChI=1S/C36H48ClN3O3/c1-5-9-22-40-33-26-32(41-23-10-6-2)27-34(43-24-11-21-39(7-3)8-4)35(33)38-36(40)29-14-18-31(19-15-29)42-25-20-28-12-16-30(37)17-13-28/h12-19,26-27H,5-11,20-25H2,1-4H3. The SMILES string of the molecule is CCCCOc1cc(OCCCN(CC)CC)c2nc(-c3ccc(OCCc4ccc(Cl)cc4)cc3)n(CCCC)c2c1. The highest BCUT2D eigenvalue weighted by Crippen LogP contribution is 2.35. The summed E-state index contributed by atoms with van der Waals surface area (Å²) in [6, 6.07) is 20.3. The van der Waals surface area contributed by atoms with Crippen LogP contribution in [0.25, 0.3) is 22.4 Å². The molecule has 1 aromatic heterocycles. The summed E-state index contributed by atoms with van der Waals surface area (Å²) in [5.74, 6) is 3.42. The van der Waals surface area contributed by atoms with Gasteiger partial charge >= 0.3 is 0 Å². The molecule has 0 N–H and O–H groups in total. The summed E-state index contributed by atoms with van der Waals surface area (Å²) in [7, 11) is 0. The zero-order valence-electron chi connectivity index (χ0n) is 26.4. The lowest BCUT2D eigenvalue weighted by atomic mass is 10.1. The molecule has 0 saturated heterocycles. The lowest BCUT2D eigenvalue weighted by molar-refractivity contribution is 0.249. The number of fused-ring (bicyclic) bond motifs is 1. The molecule has 0 saturated carbocycles. The molecule has 4 aromatic rings. The summed E-state index contributed by atoms with van der Waals surface area (Å²) < 4.78 is 21.0. The Morgan fingerprint density at radius 2 is 1.44 bits per heavy atom. The highest BCUT2D eigenvalue weighted by Gasteiger charge is 2.18. The third-order valence-corrected chi connectivity index (χ3v) is 8.00. The first-order valence-corrected chi connectivity index (χ1v) is 16.4. The summed E-state index contributed by atoms with van der Waals surface area (Å²) >= 11 is 6.01. The van der Waals surface area contributed by atoms with Gasteiger partial charge in [0.25, 0.3) is 0 Å². The summed E-state index contributed by atoms with van der Waals surface area (Å²) in [6.45, 7) is 14.8. The van der Waals surface area contributed by atoms with Gasteiger partial charge < -0.3 is 23.7 Å². The third kappa shape index (κ3) is 9.38. The Kier molecular flexibility index (Phi) is 13.1. The van der Waals surface area contributed by atoms with Gasteiger partial charge in [-0.15, -0.1) is 0 Å². The van der Waals surface area contributed by atoms with Crippen molar-refractivity contribution in [2.75, 3.05) is 39.5 Å². The summed E-state index contributed by atoms with van der Waals surface area (Å²) in [5, 5.41) is 0.749. The van der Waals surface area contributed by atoms with Crippen LogP contribution in [-0.2, 0) is 13.0 Å². The van der Waals surface area contributed by atoms with Crippen LogP contribution >= 0.6 is 11.6 Å². The number of imidazole rings is 1. The zero-order valence-corrected chi connectivity index (χ0v) is 27.2. The van der Waals surface area contributed by atoms with Crippen LogP contribution in [0.2, 0.25) is 5.02 Å². The average molecular weight is 606 g/mol. The highest BCUT2D eigenvalue weighted by atomic mass is 35.5. The van der Waals surface area contributed by atoms with Crippen LogP contribution in [-0.4, -0.2) is 53.9 Å². The number of hydrogen-bond acceptors (Lipinski definition) is 5. The van der Waals surface area contributed by atoms with Crippen molar-refractivity contribution < 1.29 is 14.2 Å². The quantitative estimate of drug-likeness (QED) is 0.0998. The minimum absolute atomic E-state index is 0.603. The van der Waals surface area contributed by atoms with Gasteiger partial charge in [-0.05, 0) is 74.3 Å². The highest BCUT2D eigenvalue weighted by molar-refractivity contribution is 6.30. The van der Waals surface area contributed by atoms with Crippen LogP contribution in [0.4, 0.5) is 0 Å². The Morgan fingerprint density at radius 3 is 2.14 bits per heavy atom. The molecule has 7 heteroatoms. The monoisotopic (exact) mass is 605 g/mol. The molecule has 0 bridgehead atoms. The van der Waals surface area contributed by atoms with E-state index in [0.29, 0.717) is 19.8 Å². The lowest BCUT2D eigenvalue weighted by Crippen LogP contribution is -2.25. The van der Waals surface area contributed by atoms with E-state index in [0.717, 1.165) is 109 Å². The molecule has 0 fully saturated rings. The van der Waals surface area contributed by atoms with Crippen molar-refractivity contribution >= 4 is 22.6 Å². The number of hydrogen-bond donors (Lipinski definition) is 0. The van der Waals surface area contributed by atoms with Crippen molar-refractivity contribution in [3.05, 3.63) is 71.2 Å². The molecule has 4 rings (SSSR count). The molecule has 43 heavy (non-hydrogen) atoms. The molecule has 0 spiro atoms. The Bertz CT molecular complexity index is 1380. The van der Waals surface area contributed by atoms with E-state index >= 15 is 0 Å². The van der Waals surface area contributed by atoms with Crippen molar-refractivity contribution in [1.29, 1.82) is 0 Å². The fourth-order valence-corrected chi connectivity index (χ4v) is 5.23. The molecule has 1 heterocycles. The number of nitrogens with zero attached hydrogens (tertiary/aromatic N) is 3. The Labute approximate surface area is 262 Å². The number of aryl methyl sites for hydroxylation is 1. The maximum absolute atomic E-state index is 6.41. The smallest absolute Gasteiger partial charge is 0.150 e. The topological polar surface area (TPSA) is 48.8 Å². The fraction of sp³-hybridized carbons (Fsp3) is 0.472. The molecule has 0 atom stereocenters. The molecule has 6 nitrogen and oxygen atoms in total. The minimum atomic E-state index is 0.603. The Hall–Kier alpha value is -3.22. The molecular formula is C36H48ClN3O3. The van der Waals surface area contributed by atoms with Crippen molar-refractivity contribution in [3.63, 3.8) is 0 Å². The molecular weight excluding hydrogens is 558 g/mol. The van der Waals surface area contributed by atoms with Crippen LogP contribution < -0.4 is 14.2 Å². The molecule has 232 valence electrons. The van der Waals surface area contributed by atoms with Gasteiger partial charge in [0.1, 0.15) is 22.8 Å². The summed E-state index contributed by atoms with van der Waals surface area (Å²) in [5.41, 5.74) is 4.20. The Balaban J connectivity index is 1.57. The van der Waals surface area contributed by atoms with Gasteiger partial charge in [-0.3, -0.25) is 0 Å². The summed E-state index contributed by atoms with van der Waals surface area (Å²) in [6.07, 6.45) is 6.06. The molecule has 0 aliphatic rings. The summed E-state index contributed by atoms with van der Waals surface area (Å²) in [4.78, 5) is 7.60. The van der Waals surface area contributed by atoms with E-state index in [1.807, 2.05) is 42.5 Å². The van der Waals surface area contributed by atoms with Crippen molar-refractivity contribution in [2.45, 2.75) is 72.8 Å². The normalized spacial score (nSPS) is 11.4. The molecule has 0 aliphatic heterocycles. The number of benzene rings is 3. The van der Waals surface area contributed by atoms with Crippen molar-refractivity contribution in [2.24, 2.45) is 0 Å². The predicted octanol–water partition coefficient (Wildman–Crippen LogP) is 9.07. The van der Waals surface area contributed by atoms with Gasteiger partial charge in [0, 0.05) is 42.2 Å². The van der Waals surface area contributed by atoms with Crippen LogP contribution in [0, 0.1) is 0 Å². The van der Waals surface area contributed by atoms with E-state index in [2.05, 4.69) is 55.4 Å². The zero-order chi connectivity index (χ0) is 30.4. The first-order valence-electron chi connectivity index (χ1n) is 16.1. The van der Waals surface area contributed by atoms with Gasteiger partial charge in [0.2, 0.25) is 0 Å². The largest absolute Gasteiger partial charge is 0.493 e. The van der Waals surface area contributed by atoms with Gasteiger partial charge in [-0.25, -0.2) is 4.98 Å². The molecule has 0 unspecified atom stereocenters. The van der Waals surface area contributed by atoms with Gasteiger partial charge in [0.15, 0.2) is 5.75 Å². The second-order valence-electron chi connectivity index (χ2n) is 10.9. The maximum atomic E-state index is 6.41. The van der Waals surface area contributed by atoms with Crippen molar-refractivity contribution in [3.8, 4) is 28.6 Å². The first kappa shape index (κ1) is 32.7. The van der Waals surface area contributed by atoms with Gasteiger partial charge in [-0.2, -0.15) is 0 Å². The van der Waals surface area contributed by atoms with Crippen LogP contribution in [0.15, 0.2) is 60.7 Å². The van der Waals surface area contributed by atoms with Crippen LogP contribution in [0.3, 0.4) is 0 Å². The van der Waals surface area contributed by atoms with Crippen molar-refractivity contribution in [1.82, 2.24) is 14.5 Å². The van der Waals surface area contributed by atoms with E-state index in [1.54, 1.807) is 0 Å². The van der Waals surface area contributed by atoms with E-state index in [9.17, 15) is 0 Å². The first-order chi connectivity index (χ1) is 21.1. The lowest BCUT2D eigenvalue weighted by Gasteiger charge is -2.18. The predicted molar refractivity (Wildman–Crippen MR) is 179 cm³/mol. The molecule has 3 aromatic carbocycles. The van der Waals surface area contributed by atoms with E-state index in [-0.39, 0.29) is 0 Å². The second-order valence-corrected chi connectivity index (χ2v) is 11.3. The number of aromatic nitrogens is 2. The van der Waals surface area contributed by atoms with Gasteiger partial charge in [-0.1, -0.05) is 64.3 Å². The second kappa shape index (κ2) is 17.2. The van der Waals surface area contributed by atoms with E-state index < -0.39 is 0 Å². The maximum Gasteiger partial charge on any atom is 0.150 e. The van der Waals surface area contributed by atoms with Crippen LogP contribution in [0.1, 0.15) is 65.4 Å². The average Bonchev–Trinajstić information content (AvgIpc) is 3.40. The number of rotatable bonds is 19. The van der Waals surface area contributed by atoms with E-state index in [1.165, 1.54) is 5.56 Å². The van der Waals surface area contributed by atoms with Crippen LogP contribution in [0.5, 0.6) is 17.2 Å². The van der Waals surface area contributed by atoms with E-state index in [4.69, 9.17) is 30.8 Å². The molecule has 0 aliphatic carbocycles. The fourth-order valence-electron chi connectivity index (χ4n) is 5.11. The Morgan fingerprint density at radius 1 is 0.744 bits per heavy atom. The minimum Gasteiger partial charge on any atom is -0.493 e. The number of halogens is 1. The molecule has 0 amide bonds. The molecule has 0 radical (unpaired) electrons.